The summed E-state index contributed by atoms with van der Waals surface area (Å²) in [6.45, 7) is 3.64. The number of ether oxygens (including phenoxy) is 2. The number of fused-ring (bicyclic) bond motifs is 5. The van der Waals surface area contributed by atoms with Gasteiger partial charge in [0.05, 0.1) is 41.6 Å². The fraction of sp³-hybridized carbons (Fsp3) is 0.390. The minimum Gasteiger partial charge on any atom is -0.458 e. The van der Waals surface area contributed by atoms with Crippen molar-refractivity contribution >= 4 is 40.5 Å². The molecule has 0 bridgehead atoms. The number of nitrogens with zero attached hydrogens (tertiary/aromatic N) is 2. The van der Waals surface area contributed by atoms with Crippen molar-refractivity contribution in [2.45, 2.75) is 83.7 Å². The van der Waals surface area contributed by atoms with Gasteiger partial charge in [-0.3, -0.25) is 24.0 Å². The van der Waals surface area contributed by atoms with E-state index in [9.17, 15) is 33.9 Å². The number of benzene rings is 2. The van der Waals surface area contributed by atoms with E-state index < -0.39 is 59.4 Å². The van der Waals surface area contributed by atoms with Crippen molar-refractivity contribution in [2.75, 3.05) is 19.9 Å². The van der Waals surface area contributed by atoms with Crippen molar-refractivity contribution in [3.8, 4) is 11.4 Å². The molecule has 7 rings (SSSR count). The summed E-state index contributed by atoms with van der Waals surface area (Å²) in [6, 6.07) is 10.6. The van der Waals surface area contributed by atoms with Gasteiger partial charge in [0.1, 0.15) is 31.8 Å². The van der Waals surface area contributed by atoms with E-state index in [0.29, 0.717) is 51.8 Å². The summed E-state index contributed by atoms with van der Waals surface area (Å²) in [4.78, 5) is 82.1. The molecule has 5 N–H and O–H groups in total. The minimum absolute atomic E-state index is 0.0229. The molecular formula is C41H43FN6O9. The van der Waals surface area contributed by atoms with Gasteiger partial charge in [0, 0.05) is 35.4 Å². The van der Waals surface area contributed by atoms with Crippen LogP contribution < -0.4 is 26.8 Å². The minimum atomic E-state index is -2.02. The van der Waals surface area contributed by atoms with Crippen molar-refractivity contribution in [2.24, 2.45) is 0 Å². The summed E-state index contributed by atoms with van der Waals surface area (Å²) >= 11 is 0. The lowest BCUT2D eigenvalue weighted by atomic mass is 9.81. The van der Waals surface area contributed by atoms with Crippen LogP contribution in [0.2, 0.25) is 0 Å². The van der Waals surface area contributed by atoms with E-state index in [4.69, 9.17) is 14.5 Å². The van der Waals surface area contributed by atoms with Gasteiger partial charge in [-0.2, -0.15) is 0 Å². The Morgan fingerprint density at radius 1 is 1.05 bits per heavy atom. The second-order valence-corrected chi connectivity index (χ2v) is 14.4. The lowest BCUT2D eigenvalue weighted by Crippen LogP contribution is -2.50. The second kappa shape index (κ2) is 15.9. The van der Waals surface area contributed by atoms with Crippen molar-refractivity contribution < 1.29 is 42.9 Å². The summed E-state index contributed by atoms with van der Waals surface area (Å²) < 4.78 is 27.4. The zero-order valence-electron chi connectivity index (χ0n) is 31.8. The number of amides is 4. The number of carbonyl (C=O) groups excluding carboxylic acids is 5. The van der Waals surface area contributed by atoms with Crippen LogP contribution in [-0.4, -0.2) is 70.2 Å². The molecular weight excluding hydrogens is 739 g/mol. The summed E-state index contributed by atoms with van der Waals surface area (Å²) in [5.74, 6) is -3.19. The van der Waals surface area contributed by atoms with Gasteiger partial charge in [0.25, 0.3) is 5.56 Å². The number of pyridine rings is 2. The molecule has 3 aliphatic rings. The standard InChI is InChI=1S/C41H43FN6O9/c1-4-32(49)46-30(13-22-9-7-6-8-10-22)38(52)43-16-33(50)44-20-56-19-34(51)45-28-12-11-23-21(3)27(42)15-29-35(23)36(28)24-17-48-31(37(24)47-29)14-26-25(39(48)53)18-57-40(54)41(26,55)5-2/h6-10,14-15,28,30,55H,4-5,11-13,16-20H2,1-3H3,(H,43,52)(H,44,50)(H,45,51)(H,46,49)/t28-,30-,41-/m0/s1. The number of hydrogen-bond acceptors (Lipinski definition) is 10. The average Bonchev–Trinajstić information content (AvgIpc) is 3.58. The predicted octanol–water partition coefficient (Wildman–Crippen LogP) is 1.97. The zero-order chi connectivity index (χ0) is 40.6. The molecule has 298 valence electrons. The molecule has 4 amide bonds. The van der Waals surface area contributed by atoms with Crippen LogP contribution in [0.1, 0.15) is 78.1 Å². The molecule has 16 heteroatoms. The molecule has 2 aromatic carbocycles. The molecule has 2 aliphatic heterocycles. The van der Waals surface area contributed by atoms with Gasteiger partial charge in [0.2, 0.25) is 23.6 Å². The van der Waals surface area contributed by atoms with Crippen LogP contribution in [0.15, 0.2) is 47.3 Å². The Balaban J connectivity index is 1.03. The number of aryl methyl sites for hydroxylation is 1. The Labute approximate surface area is 326 Å². The van der Waals surface area contributed by atoms with Crippen molar-refractivity contribution in [3.05, 3.63) is 97.6 Å². The quantitative estimate of drug-likeness (QED) is 0.0667. The van der Waals surface area contributed by atoms with Crippen LogP contribution in [0.25, 0.3) is 22.3 Å². The van der Waals surface area contributed by atoms with Gasteiger partial charge < -0.3 is 40.4 Å². The van der Waals surface area contributed by atoms with E-state index in [0.717, 1.165) is 11.1 Å². The van der Waals surface area contributed by atoms with Crippen LogP contribution in [0, 0.1) is 12.7 Å². The smallest absolute Gasteiger partial charge is 0.343 e. The predicted molar refractivity (Wildman–Crippen MR) is 203 cm³/mol. The maximum atomic E-state index is 15.2. The first-order valence-electron chi connectivity index (χ1n) is 18.9. The first kappa shape index (κ1) is 39.2. The SMILES string of the molecule is CCC(=O)N[C@@H](Cc1ccccc1)C(=O)NCC(=O)NCOCC(=O)N[C@H]1CCc2c(C)c(F)cc3nc4c(c1c23)Cn1c-4cc2c(c1=O)COC(=O)[C@]2(O)CC. The molecule has 4 heterocycles. The molecule has 1 aliphatic carbocycles. The number of aromatic nitrogens is 2. The molecule has 4 aromatic rings. The van der Waals surface area contributed by atoms with Gasteiger partial charge in [-0.25, -0.2) is 14.2 Å². The van der Waals surface area contributed by atoms with Gasteiger partial charge in [-0.1, -0.05) is 44.2 Å². The Hall–Kier alpha value is -6.00. The third kappa shape index (κ3) is 7.37. The van der Waals surface area contributed by atoms with E-state index in [1.165, 1.54) is 10.6 Å². The van der Waals surface area contributed by atoms with E-state index >= 15 is 4.39 Å². The summed E-state index contributed by atoms with van der Waals surface area (Å²) in [6.07, 6.45) is 1.26. The molecule has 57 heavy (non-hydrogen) atoms. The molecule has 0 saturated heterocycles. The zero-order valence-corrected chi connectivity index (χ0v) is 31.8. The van der Waals surface area contributed by atoms with Crippen molar-refractivity contribution in [3.63, 3.8) is 0 Å². The molecule has 0 fully saturated rings. The van der Waals surface area contributed by atoms with Gasteiger partial charge >= 0.3 is 5.97 Å². The number of rotatable bonds is 13. The Kier molecular flexibility index (Phi) is 10.9. The molecule has 2 aromatic heterocycles. The molecule has 3 atom stereocenters. The van der Waals surface area contributed by atoms with Crippen molar-refractivity contribution in [1.82, 2.24) is 30.8 Å². The summed E-state index contributed by atoms with van der Waals surface area (Å²) in [5.41, 5.74) is 2.35. The normalized spacial score (nSPS) is 18.1. The summed E-state index contributed by atoms with van der Waals surface area (Å²) in [7, 11) is 0. The highest BCUT2D eigenvalue weighted by atomic mass is 19.1. The number of nitrogens with one attached hydrogen (secondary N) is 4. The Bertz CT molecular complexity index is 2380. The van der Waals surface area contributed by atoms with Gasteiger partial charge in [-0.05, 0) is 54.5 Å². The number of hydrogen-bond donors (Lipinski definition) is 5. The number of halogens is 1. The highest BCUT2D eigenvalue weighted by Gasteiger charge is 2.46. The number of cyclic esters (lactones) is 1. The molecule has 0 spiro atoms. The Morgan fingerprint density at radius 3 is 2.56 bits per heavy atom. The first-order chi connectivity index (χ1) is 27.3. The van der Waals surface area contributed by atoms with Crippen molar-refractivity contribution in [1.29, 1.82) is 0 Å². The molecule has 0 radical (unpaired) electrons. The third-order valence-corrected chi connectivity index (χ3v) is 11.0. The van der Waals surface area contributed by atoms with Crippen LogP contribution in [0.5, 0.6) is 0 Å². The second-order valence-electron chi connectivity index (χ2n) is 14.4. The molecule has 15 nitrogen and oxygen atoms in total. The largest absolute Gasteiger partial charge is 0.458 e. The van der Waals surface area contributed by atoms with E-state index in [1.807, 2.05) is 30.3 Å². The van der Waals surface area contributed by atoms with E-state index in [-0.39, 0.29) is 62.7 Å². The maximum absolute atomic E-state index is 15.2. The monoisotopic (exact) mass is 782 g/mol. The first-order valence-corrected chi connectivity index (χ1v) is 18.9. The summed E-state index contributed by atoms with van der Waals surface area (Å²) in [5, 5.41) is 22.7. The van der Waals surface area contributed by atoms with Crippen LogP contribution in [-0.2, 0) is 65.0 Å². The van der Waals surface area contributed by atoms with E-state index in [2.05, 4.69) is 21.3 Å². The highest BCUT2D eigenvalue weighted by Crippen LogP contribution is 2.46. The highest BCUT2D eigenvalue weighted by molar-refractivity contribution is 5.94. The van der Waals surface area contributed by atoms with Crippen LogP contribution in [0.4, 0.5) is 4.39 Å². The lowest BCUT2D eigenvalue weighted by Gasteiger charge is -2.31. The average molecular weight is 783 g/mol. The van der Waals surface area contributed by atoms with Gasteiger partial charge in [0.15, 0.2) is 5.60 Å². The lowest BCUT2D eigenvalue weighted by molar-refractivity contribution is -0.172. The molecule has 0 saturated carbocycles. The Morgan fingerprint density at radius 2 is 1.82 bits per heavy atom. The number of esters is 1. The molecule has 0 unspecified atom stereocenters. The number of aliphatic hydroxyl groups is 1. The van der Waals surface area contributed by atoms with Crippen LogP contribution >= 0.6 is 0 Å². The topological polar surface area (TPSA) is 207 Å². The fourth-order valence-electron chi connectivity index (χ4n) is 7.92. The maximum Gasteiger partial charge on any atom is 0.343 e. The fourth-order valence-corrected chi connectivity index (χ4v) is 7.92. The third-order valence-electron chi connectivity index (χ3n) is 11.0. The van der Waals surface area contributed by atoms with E-state index in [1.54, 1.807) is 26.8 Å². The number of carbonyl (C=O) groups is 5. The van der Waals surface area contributed by atoms with Gasteiger partial charge in [-0.15, -0.1) is 0 Å². The van der Waals surface area contributed by atoms with Crippen LogP contribution in [0.3, 0.4) is 0 Å².